The van der Waals surface area contributed by atoms with Crippen LogP contribution in [0.1, 0.15) is 12.8 Å². The summed E-state index contributed by atoms with van der Waals surface area (Å²) in [5.74, 6) is -1.60. The summed E-state index contributed by atoms with van der Waals surface area (Å²) >= 11 is 2.87. The van der Waals surface area contributed by atoms with Gasteiger partial charge in [0.05, 0.1) is 16.2 Å². The van der Waals surface area contributed by atoms with Crippen LogP contribution < -0.4 is 10.6 Å². The van der Waals surface area contributed by atoms with Crippen molar-refractivity contribution in [1.82, 2.24) is 5.32 Å². The molecular weight excluding hydrogens is 294 g/mol. The maximum Gasteiger partial charge on any atom is 0.241 e. The van der Waals surface area contributed by atoms with E-state index in [0.29, 0.717) is 6.42 Å². The number of hydrogen-bond acceptors (Lipinski definition) is 2. The predicted octanol–water partition coefficient (Wildman–Crippen LogP) is 2.42. The van der Waals surface area contributed by atoms with E-state index >= 15 is 0 Å². The first kappa shape index (κ1) is 12.4. The Balaban J connectivity index is 2.12. The minimum Gasteiger partial charge on any atom is -0.322 e. The van der Waals surface area contributed by atoms with Crippen LogP contribution >= 0.6 is 15.9 Å². The van der Waals surface area contributed by atoms with E-state index in [1.807, 2.05) is 0 Å². The molecule has 1 aromatic carbocycles. The first-order valence-corrected chi connectivity index (χ1v) is 6.06. The van der Waals surface area contributed by atoms with Gasteiger partial charge in [-0.25, -0.2) is 8.78 Å². The lowest BCUT2D eigenvalue weighted by Gasteiger charge is -2.12. The highest BCUT2D eigenvalue weighted by Gasteiger charge is 2.23. The molecule has 1 atom stereocenters. The smallest absolute Gasteiger partial charge is 0.241 e. The van der Waals surface area contributed by atoms with Crippen LogP contribution in [0.25, 0.3) is 0 Å². The number of hydrogen-bond donors (Lipinski definition) is 2. The van der Waals surface area contributed by atoms with Crippen molar-refractivity contribution in [2.75, 3.05) is 11.9 Å². The van der Waals surface area contributed by atoms with Gasteiger partial charge in [-0.05, 0) is 41.4 Å². The summed E-state index contributed by atoms with van der Waals surface area (Å²) in [6, 6.07) is 1.64. The van der Waals surface area contributed by atoms with Gasteiger partial charge in [-0.15, -0.1) is 0 Å². The van der Waals surface area contributed by atoms with Gasteiger partial charge in [-0.2, -0.15) is 0 Å². The Morgan fingerprint density at radius 2 is 2.18 bits per heavy atom. The van der Waals surface area contributed by atoms with Gasteiger partial charge in [-0.1, -0.05) is 0 Å². The zero-order valence-electron chi connectivity index (χ0n) is 8.90. The molecule has 0 bridgehead atoms. The third-order valence-corrected chi connectivity index (χ3v) is 3.25. The second kappa shape index (κ2) is 5.10. The third kappa shape index (κ3) is 2.81. The van der Waals surface area contributed by atoms with Crippen molar-refractivity contribution in [1.29, 1.82) is 0 Å². The fraction of sp³-hybridized carbons (Fsp3) is 0.364. The van der Waals surface area contributed by atoms with Crippen LogP contribution in [0.15, 0.2) is 16.6 Å². The van der Waals surface area contributed by atoms with Crippen molar-refractivity contribution in [3.8, 4) is 0 Å². The molecule has 1 saturated heterocycles. The maximum absolute atomic E-state index is 13.4. The van der Waals surface area contributed by atoms with Gasteiger partial charge >= 0.3 is 0 Å². The van der Waals surface area contributed by atoms with E-state index in [-0.39, 0.29) is 22.1 Å². The largest absolute Gasteiger partial charge is 0.322 e. The van der Waals surface area contributed by atoms with Crippen LogP contribution in [0.2, 0.25) is 0 Å². The van der Waals surface area contributed by atoms with E-state index in [0.717, 1.165) is 25.1 Å². The molecule has 0 spiro atoms. The van der Waals surface area contributed by atoms with Crippen molar-refractivity contribution in [2.24, 2.45) is 0 Å². The van der Waals surface area contributed by atoms with Gasteiger partial charge in [-0.3, -0.25) is 4.79 Å². The molecule has 2 rings (SSSR count). The molecule has 3 nitrogen and oxygen atoms in total. The summed E-state index contributed by atoms with van der Waals surface area (Å²) in [4.78, 5) is 11.7. The number of nitrogens with one attached hydrogen (secondary N) is 2. The van der Waals surface area contributed by atoms with Crippen LogP contribution in [0.3, 0.4) is 0 Å². The van der Waals surface area contributed by atoms with E-state index < -0.39 is 11.6 Å². The molecular formula is C11H11BrF2N2O. The van der Waals surface area contributed by atoms with Crippen LogP contribution in [0.4, 0.5) is 14.5 Å². The van der Waals surface area contributed by atoms with E-state index in [4.69, 9.17) is 0 Å². The van der Waals surface area contributed by atoms with Crippen LogP contribution in [-0.2, 0) is 4.79 Å². The minimum absolute atomic E-state index is 0.0343. The molecule has 92 valence electrons. The summed E-state index contributed by atoms with van der Waals surface area (Å²) in [7, 11) is 0. The molecule has 6 heteroatoms. The van der Waals surface area contributed by atoms with Gasteiger partial charge in [0.25, 0.3) is 0 Å². The Bertz CT molecular complexity index is 447. The fourth-order valence-corrected chi connectivity index (χ4v) is 2.06. The predicted molar refractivity (Wildman–Crippen MR) is 63.7 cm³/mol. The number of halogens is 3. The number of rotatable bonds is 2. The molecule has 1 aliphatic rings. The molecule has 1 fully saturated rings. The number of anilines is 1. The van der Waals surface area contributed by atoms with Crippen LogP contribution in [-0.4, -0.2) is 18.5 Å². The zero-order chi connectivity index (χ0) is 12.4. The molecule has 17 heavy (non-hydrogen) atoms. The zero-order valence-corrected chi connectivity index (χ0v) is 10.5. The normalized spacial score (nSPS) is 19.4. The fourth-order valence-electron chi connectivity index (χ4n) is 1.75. The lowest BCUT2D eigenvalue weighted by atomic mass is 10.2. The van der Waals surface area contributed by atoms with Crippen molar-refractivity contribution in [2.45, 2.75) is 18.9 Å². The first-order chi connectivity index (χ1) is 8.08. The van der Waals surface area contributed by atoms with Crippen LogP contribution in [0.5, 0.6) is 0 Å². The average molecular weight is 305 g/mol. The Labute approximate surface area is 106 Å². The summed E-state index contributed by atoms with van der Waals surface area (Å²) in [6.07, 6.45) is 1.63. The molecule has 0 unspecified atom stereocenters. The molecule has 1 amide bonds. The lowest BCUT2D eigenvalue weighted by Crippen LogP contribution is -2.35. The monoisotopic (exact) mass is 304 g/mol. The number of carbonyl (C=O) groups is 1. The van der Waals surface area contributed by atoms with Crippen molar-refractivity contribution < 1.29 is 13.6 Å². The quantitative estimate of drug-likeness (QED) is 0.824. The van der Waals surface area contributed by atoms with E-state index in [2.05, 4.69) is 26.6 Å². The first-order valence-electron chi connectivity index (χ1n) is 5.26. The average Bonchev–Trinajstić information content (AvgIpc) is 2.79. The Morgan fingerprint density at radius 1 is 1.41 bits per heavy atom. The van der Waals surface area contributed by atoms with Gasteiger partial charge in [0.2, 0.25) is 5.91 Å². The second-order valence-electron chi connectivity index (χ2n) is 3.88. The summed E-state index contributed by atoms with van der Waals surface area (Å²) in [5, 5.41) is 5.37. The van der Waals surface area contributed by atoms with E-state index in [9.17, 15) is 13.6 Å². The second-order valence-corrected chi connectivity index (χ2v) is 4.74. The molecule has 1 heterocycles. The molecule has 0 saturated carbocycles. The van der Waals surface area contributed by atoms with Gasteiger partial charge in [0.1, 0.15) is 11.6 Å². The number of amides is 1. The lowest BCUT2D eigenvalue weighted by molar-refractivity contribution is -0.117. The molecule has 1 aliphatic heterocycles. The SMILES string of the molecule is O=C(Nc1cc(F)c(Br)cc1F)[C@H]1CCCN1. The van der Waals surface area contributed by atoms with Gasteiger partial charge in [0, 0.05) is 6.07 Å². The van der Waals surface area contributed by atoms with Gasteiger partial charge < -0.3 is 10.6 Å². The maximum atomic E-state index is 13.4. The van der Waals surface area contributed by atoms with Crippen molar-refractivity contribution in [3.05, 3.63) is 28.2 Å². The topological polar surface area (TPSA) is 41.1 Å². The Kier molecular flexibility index (Phi) is 3.73. The third-order valence-electron chi connectivity index (χ3n) is 2.64. The Morgan fingerprint density at radius 3 is 2.82 bits per heavy atom. The van der Waals surface area contributed by atoms with E-state index in [1.165, 1.54) is 0 Å². The van der Waals surface area contributed by atoms with E-state index in [1.54, 1.807) is 0 Å². The molecule has 0 radical (unpaired) electrons. The number of carbonyl (C=O) groups excluding carboxylic acids is 1. The number of benzene rings is 1. The summed E-state index contributed by atoms with van der Waals surface area (Å²) in [6.45, 7) is 0.773. The summed E-state index contributed by atoms with van der Waals surface area (Å²) < 4.78 is 26.7. The molecule has 2 N–H and O–H groups in total. The summed E-state index contributed by atoms with van der Waals surface area (Å²) in [5.41, 5.74) is -0.135. The van der Waals surface area contributed by atoms with Crippen molar-refractivity contribution in [3.63, 3.8) is 0 Å². The van der Waals surface area contributed by atoms with Crippen LogP contribution in [0, 0.1) is 11.6 Å². The molecule has 1 aromatic rings. The van der Waals surface area contributed by atoms with Crippen molar-refractivity contribution >= 4 is 27.5 Å². The Hall–Kier alpha value is -1.01. The standard InChI is InChI=1S/C11H11BrF2N2O/c12-6-4-8(14)10(5-7(6)13)16-11(17)9-2-1-3-15-9/h4-5,9,15H,1-3H2,(H,16,17)/t9-/m1/s1. The molecule has 0 aliphatic carbocycles. The highest BCUT2D eigenvalue weighted by Crippen LogP contribution is 2.23. The highest BCUT2D eigenvalue weighted by molar-refractivity contribution is 9.10. The van der Waals surface area contributed by atoms with Gasteiger partial charge in [0.15, 0.2) is 0 Å². The highest BCUT2D eigenvalue weighted by atomic mass is 79.9. The minimum atomic E-state index is -0.662. The molecule has 0 aromatic heterocycles.